The average molecular weight is 483 g/mol. The van der Waals surface area contributed by atoms with Gasteiger partial charge in [-0.2, -0.15) is 0 Å². The summed E-state index contributed by atoms with van der Waals surface area (Å²) in [6.45, 7) is 7.37. The first-order valence-corrected chi connectivity index (χ1v) is 12.0. The van der Waals surface area contributed by atoms with Gasteiger partial charge in [0.1, 0.15) is 11.5 Å². The highest BCUT2D eigenvalue weighted by Crippen LogP contribution is 2.31. The second-order valence-electron chi connectivity index (χ2n) is 7.35. The molecule has 3 aromatic rings. The zero-order chi connectivity index (χ0) is 24.3. The lowest BCUT2D eigenvalue weighted by Crippen LogP contribution is -2.34. The van der Waals surface area contributed by atoms with Crippen molar-refractivity contribution in [3.8, 4) is 16.6 Å². The largest absolute Gasteiger partial charge is 0.496 e. The zero-order valence-corrected chi connectivity index (χ0v) is 20.4. The van der Waals surface area contributed by atoms with Crippen LogP contribution in [0.2, 0.25) is 0 Å². The summed E-state index contributed by atoms with van der Waals surface area (Å²) in [6, 6.07) is 15.7. The molecule has 3 amide bonds. The van der Waals surface area contributed by atoms with E-state index in [0.717, 1.165) is 25.4 Å². The first kappa shape index (κ1) is 25.1. The van der Waals surface area contributed by atoms with Crippen molar-refractivity contribution >= 4 is 34.6 Å². The van der Waals surface area contributed by atoms with Crippen molar-refractivity contribution in [2.24, 2.45) is 0 Å². The molecule has 9 heteroatoms. The Balaban J connectivity index is 1.55. The van der Waals surface area contributed by atoms with E-state index in [0.29, 0.717) is 34.3 Å². The van der Waals surface area contributed by atoms with E-state index in [1.807, 2.05) is 30.3 Å². The molecule has 0 spiro atoms. The van der Waals surface area contributed by atoms with E-state index in [1.54, 1.807) is 29.6 Å². The number of nitrogens with zero attached hydrogens (tertiary/aromatic N) is 1. The smallest absolute Gasteiger partial charge is 0.323 e. The summed E-state index contributed by atoms with van der Waals surface area (Å²) in [5.74, 6) is 0.890. The van der Waals surface area contributed by atoms with Crippen LogP contribution < -0.4 is 25.4 Å². The second-order valence-corrected chi connectivity index (χ2v) is 8.22. The molecule has 0 unspecified atom stereocenters. The average Bonchev–Trinajstić information content (AvgIpc) is 3.28. The topological polar surface area (TPSA) is 91.9 Å². The van der Waals surface area contributed by atoms with Crippen LogP contribution in [0.4, 0.5) is 16.2 Å². The molecule has 1 heterocycles. The van der Waals surface area contributed by atoms with Gasteiger partial charge in [0.15, 0.2) is 5.06 Å². The molecule has 0 atom stereocenters. The zero-order valence-electron chi connectivity index (χ0n) is 19.6. The Morgan fingerprint density at radius 1 is 0.971 bits per heavy atom. The number of benzene rings is 2. The SMILES string of the molecule is CCN(CC)CCNC(=O)c1ccc(NC(=O)Nc2csc(Oc3ccccc3)c2)cc1OC. The molecular weight excluding hydrogens is 452 g/mol. The standard InChI is InChI=1S/C25H30N4O4S/c1-4-29(5-2)14-13-26-24(30)21-12-11-18(15-22(21)32-3)27-25(31)28-19-16-23(34-17-19)33-20-9-7-6-8-10-20/h6-12,15-17H,4-5,13-14H2,1-3H3,(H,26,30)(H2,27,28,31). The fourth-order valence-electron chi connectivity index (χ4n) is 3.25. The lowest BCUT2D eigenvalue weighted by atomic mass is 10.1. The molecule has 1 aromatic heterocycles. The number of hydrogen-bond donors (Lipinski definition) is 3. The number of carbonyl (C=O) groups excluding carboxylic acids is 2. The van der Waals surface area contributed by atoms with Gasteiger partial charge in [-0.15, -0.1) is 11.3 Å². The molecule has 3 rings (SSSR count). The first-order valence-electron chi connectivity index (χ1n) is 11.1. The van der Waals surface area contributed by atoms with Crippen molar-refractivity contribution in [2.45, 2.75) is 13.8 Å². The number of ether oxygens (including phenoxy) is 2. The number of anilines is 2. The maximum Gasteiger partial charge on any atom is 0.323 e. The molecule has 3 N–H and O–H groups in total. The Hall–Kier alpha value is -3.56. The predicted molar refractivity (Wildman–Crippen MR) is 137 cm³/mol. The lowest BCUT2D eigenvalue weighted by Gasteiger charge is -2.18. The van der Waals surface area contributed by atoms with Crippen LogP contribution in [-0.4, -0.2) is 50.1 Å². The quantitative estimate of drug-likeness (QED) is 0.347. The van der Waals surface area contributed by atoms with E-state index in [9.17, 15) is 9.59 Å². The van der Waals surface area contributed by atoms with Gasteiger partial charge >= 0.3 is 6.03 Å². The van der Waals surface area contributed by atoms with E-state index in [1.165, 1.54) is 18.4 Å². The maximum absolute atomic E-state index is 12.6. The molecule has 0 aliphatic carbocycles. The highest BCUT2D eigenvalue weighted by atomic mass is 32.1. The number of nitrogens with one attached hydrogen (secondary N) is 3. The van der Waals surface area contributed by atoms with Gasteiger partial charge in [-0.1, -0.05) is 32.0 Å². The van der Waals surface area contributed by atoms with Crippen LogP contribution in [0.3, 0.4) is 0 Å². The van der Waals surface area contributed by atoms with E-state index in [2.05, 4.69) is 34.7 Å². The number of carbonyl (C=O) groups is 2. The fraction of sp³-hybridized carbons (Fsp3) is 0.280. The van der Waals surface area contributed by atoms with Crippen LogP contribution in [0.15, 0.2) is 60.0 Å². The molecule has 34 heavy (non-hydrogen) atoms. The van der Waals surface area contributed by atoms with Gasteiger partial charge in [0, 0.05) is 36.3 Å². The van der Waals surface area contributed by atoms with Crippen LogP contribution in [0.25, 0.3) is 0 Å². The minimum Gasteiger partial charge on any atom is -0.496 e. The van der Waals surface area contributed by atoms with Gasteiger partial charge in [0.25, 0.3) is 5.91 Å². The number of hydrogen-bond acceptors (Lipinski definition) is 6. The van der Waals surface area contributed by atoms with Crippen molar-refractivity contribution in [3.05, 3.63) is 65.5 Å². The summed E-state index contributed by atoms with van der Waals surface area (Å²) in [4.78, 5) is 27.2. The highest BCUT2D eigenvalue weighted by molar-refractivity contribution is 7.12. The molecule has 0 fully saturated rings. The van der Waals surface area contributed by atoms with E-state index < -0.39 is 6.03 Å². The molecule has 180 valence electrons. The molecular formula is C25H30N4O4S. The monoisotopic (exact) mass is 482 g/mol. The third kappa shape index (κ3) is 7.23. The number of rotatable bonds is 11. The summed E-state index contributed by atoms with van der Waals surface area (Å²) in [5, 5.41) is 10.9. The van der Waals surface area contributed by atoms with Crippen LogP contribution in [-0.2, 0) is 0 Å². The van der Waals surface area contributed by atoms with Gasteiger partial charge in [-0.3, -0.25) is 4.79 Å². The second kappa shape index (κ2) is 12.6. The van der Waals surface area contributed by atoms with Crippen molar-refractivity contribution < 1.29 is 19.1 Å². The Bertz CT molecular complexity index is 1080. The number of methoxy groups -OCH3 is 1. The van der Waals surface area contributed by atoms with E-state index >= 15 is 0 Å². The minimum absolute atomic E-state index is 0.218. The molecule has 0 radical (unpaired) electrons. The fourth-order valence-corrected chi connectivity index (χ4v) is 3.96. The highest BCUT2D eigenvalue weighted by Gasteiger charge is 2.14. The Kier molecular flexibility index (Phi) is 9.30. The number of urea groups is 1. The van der Waals surface area contributed by atoms with Crippen molar-refractivity contribution in [3.63, 3.8) is 0 Å². The van der Waals surface area contributed by atoms with E-state index in [-0.39, 0.29) is 5.91 Å². The molecule has 2 aromatic carbocycles. The van der Waals surface area contributed by atoms with Crippen LogP contribution in [0, 0.1) is 0 Å². The maximum atomic E-state index is 12.6. The normalized spacial score (nSPS) is 10.6. The molecule has 0 saturated heterocycles. The summed E-state index contributed by atoms with van der Waals surface area (Å²) in [5.41, 5.74) is 1.53. The van der Waals surface area contributed by atoms with Crippen LogP contribution in [0.1, 0.15) is 24.2 Å². The van der Waals surface area contributed by atoms with Gasteiger partial charge in [-0.05, 0) is 37.4 Å². The summed E-state index contributed by atoms with van der Waals surface area (Å²) >= 11 is 1.38. The minimum atomic E-state index is -0.414. The third-order valence-electron chi connectivity index (χ3n) is 5.11. The summed E-state index contributed by atoms with van der Waals surface area (Å²) < 4.78 is 11.1. The van der Waals surface area contributed by atoms with Crippen molar-refractivity contribution in [1.82, 2.24) is 10.2 Å². The molecule has 0 aliphatic heterocycles. The third-order valence-corrected chi connectivity index (χ3v) is 5.91. The Labute approximate surface area is 203 Å². The molecule has 0 saturated carbocycles. The number of likely N-dealkylation sites (N-methyl/N-ethyl adjacent to an activating group) is 1. The van der Waals surface area contributed by atoms with Crippen molar-refractivity contribution in [2.75, 3.05) is 43.9 Å². The molecule has 8 nitrogen and oxygen atoms in total. The van der Waals surface area contributed by atoms with Gasteiger partial charge < -0.3 is 30.3 Å². The van der Waals surface area contributed by atoms with Gasteiger partial charge in [-0.25, -0.2) is 4.79 Å². The molecule has 0 aliphatic rings. The van der Waals surface area contributed by atoms with Crippen LogP contribution in [0.5, 0.6) is 16.6 Å². The van der Waals surface area contributed by atoms with Crippen LogP contribution >= 0.6 is 11.3 Å². The van der Waals surface area contributed by atoms with Crippen molar-refractivity contribution in [1.29, 1.82) is 0 Å². The number of para-hydroxylation sites is 1. The lowest BCUT2D eigenvalue weighted by molar-refractivity contribution is 0.0946. The Morgan fingerprint density at radius 2 is 1.71 bits per heavy atom. The number of amides is 3. The first-order chi connectivity index (χ1) is 16.5. The van der Waals surface area contributed by atoms with Gasteiger partial charge in [0.05, 0.1) is 18.4 Å². The summed E-state index contributed by atoms with van der Waals surface area (Å²) in [6.07, 6.45) is 0. The summed E-state index contributed by atoms with van der Waals surface area (Å²) in [7, 11) is 1.49. The predicted octanol–water partition coefficient (Wildman–Crippen LogP) is 5.26. The number of thiophene rings is 1. The Morgan fingerprint density at radius 3 is 2.41 bits per heavy atom. The van der Waals surface area contributed by atoms with E-state index in [4.69, 9.17) is 9.47 Å². The van der Waals surface area contributed by atoms with Gasteiger partial charge in [0.2, 0.25) is 0 Å². The molecule has 0 bridgehead atoms.